The van der Waals surface area contributed by atoms with E-state index in [0.717, 1.165) is 10.0 Å². The average molecular weight is 372 g/mol. The van der Waals surface area contributed by atoms with Gasteiger partial charge in [-0.25, -0.2) is 9.78 Å². The van der Waals surface area contributed by atoms with E-state index in [1.165, 1.54) is 0 Å². The first-order chi connectivity index (χ1) is 11.0. The largest absolute Gasteiger partial charge is 0.496 e. The molecule has 4 nitrogen and oxygen atoms in total. The third-order valence-corrected chi connectivity index (χ3v) is 4.26. The van der Waals surface area contributed by atoms with E-state index in [1.807, 2.05) is 36.4 Å². The summed E-state index contributed by atoms with van der Waals surface area (Å²) in [4.78, 5) is 16.5. The summed E-state index contributed by atoms with van der Waals surface area (Å²) in [5.74, 6) is -0.306. The molecular weight excluding hydrogens is 358 g/mol. The molecule has 0 aliphatic rings. The Hall–Kier alpha value is -2.40. The van der Waals surface area contributed by atoms with Crippen molar-refractivity contribution in [2.24, 2.45) is 0 Å². The van der Waals surface area contributed by atoms with Gasteiger partial charge in [0.25, 0.3) is 0 Å². The molecule has 116 valence electrons. The maximum absolute atomic E-state index is 11.8. The van der Waals surface area contributed by atoms with Crippen molar-refractivity contribution >= 4 is 32.8 Å². The lowest BCUT2D eigenvalue weighted by atomic mass is 9.97. The molecule has 1 aromatic heterocycles. The lowest BCUT2D eigenvalue weighted by Crippen LogP contribution is -2.05. The van der Waals surface area contributed by atoms with Crippen molar-refractivity contribution in [2.75, 3.05) is 7.11 Å². The van der Waals surface area contributed by atoms with Gasteiger partial charge in [0, 0.05) is 15.4 Å². The van der Waals surface area contributed by atoms with Gasteiger partial charge in [-0.2, -0.15) is 0 Å². The van der Waals surface area contributed by atoms with Crippen molar-refractivity contribution in [2.45, 2.75) is 6.92 Å². The van der Waals surface area contributed by atoms with Gasteiger partial charge < -0.3 is 9.84 Å². The Morgan fingerprint density at radius 2 is 1.96 bits per heavy atom. The average Bonchev–Trinajstić information content (AvgIpc) is 2.54. The van der Waals surface area contributed by atoms with E-state index in [0.29, 0.717) is 27.9 Å². The van der Waals surface area contributed by atoms with Crippen LogP contribution in [0.15, 0.2) is 46.9 Å². The molecule has 0 saturated carbocycles. The van der Waals surface area contributed by atoms with Crippen LogP contribution < -0.4 is 4.74 Å². The van der Waals surface area contributed by atoms with Crippen LogP contribution >= 0.6 is 15.9 Å². The zero-order valence-corrected chi connectivity index (χ0v) is 14.2. The SMILES string of the molecule is COc1ccccc1-c1nc2ccc(Br)cc2c(C(=O)O)c1C. The fourth-order valence-corrected chi connectivity index (χ4v) is 3.07. The number of methoxy groups -OCH3 is 1. The molecule has 0 bridgehead atoms. The van der Waals surface area contributed by atoms with Gasteiger partial charge in [-0.1, -0.05) is 28.1 Å². The lowest BCUT2D eigenvalue weighted by Gasteiger charge is -2.14. The van der Waals surface area contributed by atoms with Gasteiger partial charge >= 0.3 is 5.97 Å². The Bertz CT molecular complexity index is 922. The van der Waals surface area contributed by atoms with Gasteiger partial charge in [0.05, 0.1) is 23.9 Å². The van der Waals surface area contributed by atoms with Crippen LogP contribution in [0.4, 0.5) is 0 Å². The number of pyridine rings is 1. The Morgan fingerprint density at radius 3 is 2.65 bits per heavy atom. The zero-order chi connectivity index (χ0) is 16.6. The molecule has 0 amide bonds. The van der Waals surface area contributed by atoms with Crippen LogP contribution in [0, 0.1) is 6.92 Å². The standard InChI is InChI=1S/C18H14BrNO3/c1-10-16(18(21)22)13-9-11(19)7-8-14(13)20-17(10)12-5-3-4-6-15(12)23-2/h3-9H,1-2H3,(H,21,22). The highest BCUT2D eigenvalue weighted by molar-refractivity contribution is 9.10. The first kappa shape index (κ1) is 15.5. The fourth-order valence-electron chi connectivity index (χ4n) is 2.71. The van der Waals surface area contributed by atoms with E-state index >= 15 is 0 Å². The number of carboxylic acids is 1. The molecule has 23 heavy (non-hydrogen) atoms. The number of rotatable bonds is 3. The van der Waals surface area contributed by atoms with Crippen molar-refractivity contribution in [3.05, 3.63) is 58.1 Å². The van der Waals surface area contributed by atoms with Crippen LogP contribution in [-0.4, -0.2) is 23.2 Å². The molecule has 0 fully saturated rings. The summed E-state index contributed by atoms with van der Waals surface area (Å²) in [6, 6.07) is 12.9. The van der Waals surface area contributed by atoms with Gasteiger partial charge in [0.2, 0.25) is 0 Å². The molecular formula is C18H14BrNO3. The number of aromatic nitrogens is 1. The van der Waals surface area contributed by atoms with Crippen molar-refractivity contribution in [1.29, 1.82) is 0 Å². The van der Waals surface area contributed by atoms with E-state index in [1.54, 1.807) is 20.1 Å². The molecule has 0 aliphatic carbocycles. The molecule has 0 unspecified atom stereocenters. The molecule has 0 radical (unpaired) electrons. The van der Waals surface area contributed by atoms with E-state index in [9.17, 15) is 9.90 Å². The van der Waals surface area contributed by atoms with Crippen LogP contribution in [-0.2, 0) is 0 Å². The minimum Gasteiger partial charge on any atom is -0.496 e. The Labute approximate surface area is 141 Å². The fraction of sp³-hybridized carbons (Fsp3) is 0.111. The number of carboxylic acid groups (broad SMARTS) is 1. The molecule has 3 aromatic rings. The highest BCUT2D eigenvalue weighted by atomic mass is 79.9. The first-order valence-corrected chi connectivity index (χ1v) is 7.78. The molecule has 0 aliphatic heterocycles. The van der Waals surface area contributed by atoms with Gasteiger partial charge in [-0.3, -0.25) is 0 Å². The number of nitrogens with zero attached hydrogens (tertiary/aromatic N) is 1. The third-order valence-electron chi connectivity index (χ3n) is 3.77. The summed E-state index contributed by atoms with van der Waals surface area (Å²) in [5, 5.41) is 10.3. The van der Waals surface area contributed by atoms with E-state index < -0.39 is 5.97 Å². The maximum atomic E-state index is 11.8. The molecule has 5 heteroatoms. The molecule has 1 N–H and O–H groups in total. The summed E-state index contributed by atoms with van der Waals surface area (Å²) in [5.41, 5.74) is 2.91. The molecule has 2 aromatic carbocycles. The number of hydrogen-bond donors (Lipinski definition) is 1. The number of ether oxygens (including phenoxy) is 1. The number of aromatic carboxylic acids is 1. The Morgan fingerprint density at radius 1 is 1.22 bits per heavy atom. The predicted octanol–water partition coefficient (Wildman–Crippen LogP) is 4.68. The van der Waals surface area contributed by atoms with Gasteiger partial charge in [-0.05, 0) is 42.8 Å². The van der Waals surface area contributed by atoms with Crippen molar-refractivity contribution in [3.63, 3.8) is 0 Å². The number of halogens is 1. The normalized spacial score (nSPS) is 10.7. The van der Waals surface area contributed by atoms with Crippen LogP contribution in [0.5, 0.6) is 5.75 Å². The van der Waals surface area contributed by atoms with Crippen molar-refractivity contribution in [3.8, 4) is 17.0 Å². The number of fused-ring (bicyclic) bond motifs is 1. The van der Waals surface area contributed by atoms with E-state index in [4.69, 9.17) is 4.74 Å². The maximum Gasteiger partial charge on any atom is 0.336 e. The predicted molar refractivity (Wildman–Crippen MR) is 93.1 cm³/mol. The van der Waals surface area contributed by atoms with Crippen LogP contribution in [0.1, 0.15) is 15.9 Å². The van der Waals surface area contributed by atoms with Crippen molar-refractivity contribution < 1.29 is 14.6 Å². The zero-order valence-electron chi connectivity index (χ0n) is 12.6. The lowest BCUT2D eigenvalue weighted by molar-refractivity contribution is 0.0698. The number of hydrogen-bond acceptors (Lipinski definition) is 3. The Kier molecular flexibility index (Phi) is 4.05. The monoisotopic (exact) mass is 371 g/mol. The van der Waals surface area contributed by atoms with Crippen molar-refractivity contribution in [1.82, 2.24) is 4.98 Å². The summed E-state index contributed by atoms with van der Waals surface area (Å²) in [6.45, 7) is 1.78. The number of benzene rings is 2. The van der Waals surface area contributed by atoms with Crippen LogP contribution in [0.25, 0.3) is 22.2 Å². The van der Waals surface area contributed by atoms with Gasteiger partial charge in [0.1, 0.15) is 5.75 Å². The molecule has 3 rings (SSSR count). The third kappa shape index (κ3) is 2.68. The summed E-state index contributed by atoms with van der Waals surface area (Å²) in [7, 11) is 1.59. The molecule has 0 atom stereocenters. The second kappa shape index (κ2) is 6.01. The minimum absolute atomic E-state index is 0.261. The molecule has 0 spiro atoms. The van der Waals surface area contributed by atoms with E-state index in [2.05, 4.69) is 20.9 Å². The second-order valence-corrected chi connectivity index (χ2v) is 6.04. The Balaban J connectivity index is 2.41. The second-order valence-electron chi connectivity index (χ2n) is 5.13. The van der Waals surface area contributed by atoms with Crippen LogP contribution in [0.2, 0.25) is 0 Å². The quantitative estimate of drug-likeness (QED) is 0.725. The van der Waals surface area contributed by atoms with Crippen LogP contribution in [0.3, 0.4) is 0 Å². The summed E-state index contributed by atoms with van der Waals surface area (Å²) in [6.07, 6.45) is 0. The van der Waals surface area contributed by atoms with Gasteiger partial charge in [-0.15, -0.1) is 0 Å². The smallest absolute Gasteiger partial charge is 0.336 e. The summed E-state index contributed by atoms with van der Waals surface area (Å²) < 4.78 is 6.21. The minimum atomic E-state index is -0.968. The summed E-state index contributed by atoms with van der Waals surface area (Å²) >= 11 is 3.39. The van der Waals surface area contributed by atoms with E-state index in [-0.39, 0.29) is 5.56 Å². The first-order valence-electron chi connectivity index (χ1n) is 6.99. The number of para-hydroxylation sites is 1. The topological polar surface area (TPSA) is 59.4 Å². The highest BCUT2D eigenvalue weighted by Crippen LogP contribution is 2.35. The number of carbonyl (C=O) groups is 1. The molecule has 1 heterocycles. The highest BCUT2D eigenvalue weighted by Gasteiger charge is 2.20. The molecule has 0 saturated heterocycles. The van der Waals surface area contributed by atoms with Gasteiger partial charge in [0.15, 0.2) is 0 Å².